The molecule has 0 spiro atoms. The molecule has 0 aliphatic heterocycles. The van der Waals surface area contributed by atoms with E-state index in [2.05, 4.69) is 9.98 Å². The molecule has 0 aromatic heterocycles. The molecule has 6 rings (SSSR count). The Balaban J connectivity index is 1.19. The van der Waals surface area contributed by atoms with Crippen molar-refractivity contribution in [1.82, 2.24) is 0 Å². The summed E-state index contributed by atoms with van der Waals surface area (Å²) in [4.78, 5) is 30.6. The van der Waals surface area contributed by atoms with E-state index in [4.69, 9.17) is 0 Å². The Labute approximate surface area is 210 Å². The van der Waals surface area contributed by atoms with Gasteiger partial charge >= 0.3 is 0 Å². The molecule has 0 heterocycles. The Kier molecular flexibility index (Phi) is 6.69. The van der Waals surface area contributed by atoms with Crippen LogP contribution < -0.4 is 0 Å². The van der Waals surface area contributed by atoms with Crippen molar-refractivity contribution in [2.45, 2.75) is 51.4 Å². The monoisotopic (exact) mass is 488 g/mol. The second kappa shape index (κ2) is 9.91. The lowest BCUT2D eigenvalue weighted by Crippen LogP contribution is -2.52. The lowest BCUT2D eigenvalue weighted by molar-refractivity contribution is -0.385. The molecule has 36 heavy (non-hydrogen) atoms. The topological polar surface area (TPSA) is 111 Å². The number of nitrogens with zero attached hydrogens (tertiary/aromatic N) is 4. The highest BCUT2D eigenvalue weighted by Gasteiger charge is 2.56. The highest BCUT2D eigenvalue weighted by Crippen LogP contribution is 2.67. The third-order valence-electron chi connectivity index (χ3n) is 8.49. The summed E-state index contributed by atoms with van der Waals surface area (Å²) in [5.74, 6) is 1.60. The number of nitro groups is 2. The largest absolute Gasteiger partial charge is 0.293 e. The van der Waals surface area contributed by atoms with Crippen LogP contribution in [0.1, 0.15) is 62.5 Å². The first-order valence-corrected chi connectivity index (χ1v) is 12.8. The lowest BCUT2D eigenvalue weighted by atomic mass is 9.43. The van der Waals surface area contributed by atoms with Gasteiger partial charge in [0.25, 0.3) is 11.4 Å². The molecule has 0 N–H and O–H groups in total. The van der Waals surface area contributed by atoms with Crippen molar-refractivity contribution in [1.29, 1.82) is 0 Å². The Hall–Kier alpha value is -3.42. The molecule has 4 fully saturated rings. The predicted molar refractivity (Wildman–Crippen MR) is 140 cm³/mol. The minimum atomic E-state index is -0.375. The standard InChI is InChI=1S/C28H32N4O4/c33-31(34)25-5-1-3-21(12-25)18-29-9-7-27-14-23-11-24(15-27)17-28(16-23,20-27)8-10-30-19-22-4-2-6-26(13-22)32(35)36/h1-6,12-13,18-19,23-24H,7-11,14-17,20H2. The van der Waals surface area contributed by atoms with Crippen LogP contribution in [0.4, 0.5) is 11.4 Å². The van der Waals surface area contributed by atoms with Crippen LogP contribution in [-0.2, 0) is 0 Å². The van der Waals surface area contributed by atoms with Crippen molar-refractivity contribution in [2.24, 2.45) is 32.7 Å². The molecule has 0 atom stereocenters. The van der Waals surface area contributed by atoms with Gasteiger partial charge in [-0.25, -0.2) is 0 Å². The van der Waals surface area contributed by atoms with Gasteiger partial charge in [0.1, 0.15) is 0 Å². The molecule has 4 aliphatic rings. The van der Waals surface area contributed by atoms with Gasteiger partial charge in [-0.1, -0.05) is 24.3 Å². The van der Waals surface area contributed by atoms with Crippen LogP contribution in [0.25, 0.3) is 0 Å². The Morgan fingerprint density at radius 3 is 1.64 bits per heavy atom. The van der Waals surface area contributed by atoms with Gasteiger partial charge in [0.2, 0.25) is 0 Å². The van der Waals surface area contributed by atoms with E-state index in [1.165, 1.54) is 50.7 Å². The SMILES string of the molecule is O=[N+]([O-])c1cccc(C=NCCC23CC4CC(C2)CC(CCN=Cc2cccc([N+](=O)[O-])c2)(C4)C3)c1. The highest BCUT2D eigenvalue weighted by molar-refractivity contribution is 5.81. The maximum Gasteiger partial charge on any atom is 0.270 e. The summed E-state index contributed by atoms with van der Waals surface area (Å²) < 4.78 is 0. The molecule has 4 saturated carbocycles. The average molecular weight is 489 g/mol. The number of non-ortho nitro benzene ring substituents is 2. The van der Waals surface area contributed by atoms with E-state index in [-0.39, 0.29) is 21.2 Å². The Bertz CT molecular complexity index is 1100. The minimum absolute atomic E-state index is 0.0927. The van der Waals surface area contributed by atoms with Crippen molar-refractivity contribution < 1.29 is 9.85 Å². The number of hydrogen-bond acceptors (Lipinski definition) is 6. The summed E-state index contributed by atoms with van der Waals surface area (Å²) in [6, 6.07) is 13.2. The summed E-state index contributed by atoms with van der Waals surface area (Å²) in [6.07, 6.45) is 13.5. The molecule has 2 aromatic carbocycles. The van der Waals surface area contributed by atoms with E-state index < -0.39 is 0 Å². The van der Waals surface area contributed by atoms with E-state index in [1.807, 2.05) is 12.1 Å². The van der Waals surface area contributed by atoms with Crippen LogP contribution in [0.15, 0.2) is 58.5 Å². The van der Waals surface area contributed by atoms with Crippen molar-refractivity contribution in [3.63, 3.8) is 0 Å². The normalized spacial score (nSPS) is 28.8. The van der Waals surface area contributed by atoms with Crippen molar-refractivity contribution in [3.8, 4) is 0 Å². The molecule has 0 amide bonds. The predicted octanol–water partition coefficient (Wildman–Crippen LogP) is 6.41. The van der Waals surface area contributed by atoms with Crippen molar-refractivity contribution in [3.05, 3.63) is 79.9 Å². The molecule has 0 radical (unpaired) electrons. The van der Waals surface area contributed by atoms with Gasteiger partial charge in [-0.15, -0.1) is 0 Å². The maximum atomic E-state index is 11.0. The van der Waals surface area contributed by atoms with Crippen LogP contribution in [0.5, 0.6) is 0 Å². The molecule has 4 bridgehead atoms. The fourth-order valence-electron chi connectivity index (χ4n) is 7.62. The summed E-state index contributed by atoms with van der Waals surface area (Å²) in [7, 11) is 0. The van der Waals surface area contributed by atoms with Gasteiger partial charge in [0, 0.05) is 49.8 Å². The zero-order valence-corrected chi connectivity index (χ0v) is 20.4. The number of rotatable bonds is 10. The van der Waals surface area contributed by atoms with Crippen LogP contribution in [0.2, 0.25) is 0 Å². The molecule has 8 heteroatoms. The highest BCUT2D eigenvalue weighted by atomic mass is 16.6. The first-order valence-electron chi connectivity index (χ1n) is 12.8. The Morgan fingerprint density at radius 1 is 0.778 bits per heavy atom. The minimum Gasteiger partial charge on any atom is -0.293 e. The van der Waals surface area contributed by atoms with Crippen LogP contribution >= 0.6 is 0 Å². The molecule has 4 aliphatic carbocycles. The molecule has 0 saturated heterocycles. The summed E-state index contributed by atoms with van der Waals surface area (Å²) in [6.45, 7) is 1.51. The van der Waals surface area contributed by atoms with Gasteiger partial charge in [-0.05, 0) is 85.2 Å². The molecule has 8 nitrogen and oxygen atoms in total. The van der Waals surface area contributed by atoms with Crippen LogP contribution in [-0.4, -0.2) is 35.4 Å². The van der Waals surface area contributed by atoms with E-state index >= 15 is 0 Å². The first-order chi connectivity index (χ1) is 17.3. The molecule has 0 unspecified atom stereocenters. The lowest BCUT2D eigenvalue weighted by Gasteiger charge is -2.62. The van der Waals surface area contributed by atoms with Crippen LogP contribution in [0.3, 0.4) is 0 Å². The number of nitro benzene ring substituents is 2. The summed E-state index contributed by atoms with van der Waals surface area (Å²) in [5, 5.41) is 22.0. The molecular weight excluding hydrogens is 456 g/mol. The quantitative estimate of drug-likeness (QED) is 0.219. The zero-order chi connectivity index (χ0) is 25.2. The van der Waals surface area contributed by atoms with E-state index in [9.17, 15) is 20.2 Å². The summed E-state index contributed by atoms with van der Waals surface area (Å²) >= 11 is 0. The fraction of sp³-hybridized carbons (Fsp3) is 0.500. The second-order valence-corrected chi connectivity index (χ2v) is 11.2. The van der Waals surface area contributed by atoms with Gasteiger partial charge in [0.15, 0.2) is 0 Å². The Morgan fingerprint density at radius 2 is 1.22 bits per heavy atom. The van der Waals surface area contributed by atoms with Crippen LogP contribution in [0, 0.1) is 42.9 Å². The van der Waals surface area contributed by atoms with Crippen molar-refractivity contribution >= 4 is 23.8 Å². The summed E-state index contributed by atoms with van der Waals surface area (Å²) in [5.41, 5.74) is 2.44. The zero-order valence-electron chi connectivity index (χ0n) is 20.4. The van der Waals surface area contributed by atoms with Gasteiger partial charge in [-0.2, -0.15) is 0 Å². The molecular formula is C28H32N4O4. The van der Waals surface area contributed by atoms with Gasteiger partial charge < -0.3 is 0 Å². The van der Waals surface area contributed by atoms with E-state index in [0.717, 1.165) is 48.9 Å². The molecule has 188 valence electrons. The van der Waals surface area contributed by atoms with Crippen molar-refractivity contribution in [2.75, 3.05) is 13.1 Å². The van der Waals surface area contributed by atoms with E-state index in [0.29, 0.717) is 10.8 Å². The third kappa shape index (κ3) is 5.37. The van der Waals surface area contributed by atoms with Gasteiger partial charge in [0.05, 0.1) is 9.85 Å². The van der Waals surface area contributed by atoms with E-state index in [1.54, 1.807) is 36.7 Å². The molecule has 2 aromatic rings. The van der Waals surface area contributed by atoms with Gasteiger partial charge in [-0.3, -0.25) is 30.2 Å². The number of hydrogen-bond donors (Lipinski definition) is 0. The number of benzene rings is 2. The maximum absolute atomic E-state index is 11.0. The fourth-order valence-corrected chi connectivity index (χ4v) is 7.62. The second-order valence-electron chi connectivity index (χ2n) is 11.2. The average Bonchev–Trinajstić information content (AvgIpc) is 2.84. The number of aliphatic imine (C=N–C) groups is 2. The smallest absolute Gasteiger partial charge is 0.270 e. The third-order valence-corrected chi connectivity index (χ3v) is 8.49. The first kappa shape index (κ1) is 24.3.